The molecule has 0 bridgehead atoms. The Hall–Kier alpha value is -1.70. The van der Waals surface area contributed by atoms with E-state index in [2.05, 4.69) is 20.3 Å². The van der Waals surface area contributed by atoms with Gasteiger partial charge in [0.25, 0.3) is 10.0 Å². The van der Waals surface area contributed by atoms with E-state index in [0.717, 1.165) is 16.9 Å². The summed E-state index contributed by atoms with van der Waals surface area (Å²) in [7, 11) is -3.63. The zero-order valence-electron chi connectivity index (χ0n) is 8.24. The van der Waals surface area contributed by atoms with Crippen molar-refractivity contribution in [1.82, 2.24) is 24.4 Å². The van der Waals surface area contributed by atoms with Crippen LogP contribution in [0.5, 0.6) is 0 Å². The Balaban J connectivity index is 2.02. The first-order valence-corrected chi connectivity index (χ1v) is 6.28. The number of aromatic amines is 1. The van der Waals surface area contributed by atoms with E-state index in [1.807, 2.05) is 0 Å². The molecular formula is C8H9N5O2S. The minimum atomic E-state index is -3.63. The molecule has 2 heterocycles. The standard InChI is InChI=1S/C8H9N5O2S/c14-16(15,7-3-10-11-4-7)13-5-9-8(12-13)6-1-2-6/h3-6H,1-2H2,(H,10,11). The Labute approximate surface area is 91.6 Å². The molecule has 0 unspecified atom stereocenters. The van der Waals surface area contributed by atoms with Gasteiger partial charge < -0.3 is 0 Å². The van der Waals surface area contributed by atoms with Crippen molar-refractivity contribution in [3.05, 3.63) is 24.5 Å². The average molecular weight is 239 g/mol. The average Bonchev–Trinajstić information content (AvgIpc) is 2.83. The summed E-state index contributed by atoms with van der Waals surface area (Å²) in [6.07, 6.45) is 5.86. The first-order chi connectivity index (χ1) is 7.68. The van der Waals surface area contributed by atoms with E-state index in [9.17, 15) is 8.42 Å². The highest BCUT2D eigenvalue weighted by Gasteiger charge is 2.29. The Bertz CT molecular complexity index is 596. The number of hydrogen-bond donors (Lipinski definition) is 1. The lowest BCUT2D eigenvalue weighted by Gasteiger charge is -1.98. The van der Waals surface area contributed by atoms with E-state index in [1.165, 1.54) is 18.7 Å². The smallest absolute Gasteiger partial charge is 0.284 e. The van der Waals surface area contributed by atoms with Gasteiger partial charge >= 0.3 is 0 Å². The van der Waals surface area contributed by atoms with Crippen LogP contribution in [0.2, 0.25) is 0 Å². The second kappa shape index (κ2) is 3.14. The van der Waals surface area contributed by atoms with Crippen molar-refractivity contribution in [3.63, 3.8) is 0 Å². The summed E-state index contributed by atoms with van der Waals surface area (Å²) in [5.74, 6) is 0.938. The van der Waals surface area contributed by atoms with Crippen LogP contribution in [-0.4, -0.2) is 32.8 Å². The normalized spacial score (nSPS) is 16.5. The summed E-state index contributed by atoms with van der Waals surface area (Å²) in [5.41, 5.74) is 0. The summed E-state index contributed by atoms with van der Waals surface area (Å²) in [6.45, 7) is 0. The van der Waals surface area contributed by atoms with Crippen molar-refractivity contribution < 1.29 is 8.42 Å². The number of nitrogens with zero attached hydrogens (tertiary/aromatic N) is 4. The third kappa shape index (κ3) is 1.42. The summed E-state index contributed by atoms with van der Waals surface area (Å²) >= 11 is 0. The van der Waals surface area contributed by atoms with E-state index < -0.39 is 10.0 Å². The quantitative estimate of drug-likeness (QED) is 0.820. The molecule has 1 saturated carbocycles. The second-order valence-corrected chi connectivity index (χ2v) is 5.48. The Kier molecular flexibility index (Phi) is 1.87. The minimum absolute atomic E-state index is 0.0831. The topological polar surface area (TPSA) is 93.5 Å². The third-order valence-corrected chi connectivity index (χ3v) is 3.94. The molecule has 1 aliphatic rings. The first kappa shape index (κ1) is 9.52. The monoisotopic (exact) mass is 239 g/mol. The predicted octanol–water partition coefficient (Wildman–Crippen LogP) is 0.116. The highest BCUT2D eigenvalue weighted by Crippen LogP contribution is 2.37. The molecule has 16 heavy (non-hydrogen) atoms. The van der Waals surface area contributed by atoms with Gasteiger partial charge in [0.1, 0.15) is 11.2 Å². The minimum Gasteiger partial charge on any atom is -0.284 e. The van der Waals surface area contributed by atoms with Crippen molar-refractivity contribution in [2.24, 2.45) is 0 Å². The lowest BCUT2D eigenvalue weighted by molar-refractivity contribution is 0.579. The summed E-state index contributed by atoms with van der Waals surface area (Å²) in [4.78, 5) is 4.08. The fourth-order valence-electron chi connectivity index (χ4n) is 1.39. The van der Waals surface area contributed by atoms with Crippen LogP contribution in [0.15, 0.2) is 23.6 Å². The zero-order valence-corrected chi connectivity index (χ0v) is 9.05. The van der Waals surface area contributed by atoms with E-state index in [4.69, 9.17) is 0 Å². The highest BCUT2D eigenvalue weighted by atomic mass is 32.2. The van der Waals surface area contributed by atoms with Crippen molar-refractivity contribution in [1.29, 1.82) is 0 Å². The molecule has 0 saturated heterocycles. The van der Waals surface area contributed by atoms with Crippen molar-refractivity contribution in [2.75, 3.05) is 0 Å². The SMILES string of the molecule is O=S(=O)(c1cn[nH]c1)n1cnc(C2CC2)n1. The number of nitrogens with one attached hydrogen (secondary N) is 1. The number of hydrogen-bond acceptors (Lipinski definition) is 5. The molecule has 0 aromatic carbocycles. The molecule has 2 aromatic rings. The van der Waals surface area contributed by atoms with Crippen molar-refractivity contribution >= 4 is 10.0 Å². The summed E-state index contributed by atoms with van der Waals surface area (Å²) in [6, 6.07) is 0. The maximum Gasteiger partial charge on any atom is 0.287 e. The Morgan fingerprint density at radius 3 is 2.88 bits per heavy atom. The van der Waals surface area contributed by atoms with E-state index in [-0.39, 0.29) is 4.90 Å². The van der Waals surface area contributed by atoms with Gasteiger partial charge in [-0.3, -0.25) is 5.10 Å². The molecule has 8 heteroatoms. The zero-order chi connectivity index (χ0) is 11.2. The molecule has 1 fully saturated rings. The number of rotatable bonds is 3. The summed E-state index contributed by atoms with van der Waals surface area (Å²) < 4.78 is 24.8. The largest absolute Gasteiger partial charge is 0.287 e. The molecular weight excluding hydrogens is 230 g/mol. The van der Waals surface area contributed by atoms with Crippen molar-refractivity contribution in [2.45, 2.75) is 23.7 Å². The molecule has 0 atom stereocenters. The first-order valence-electron chi connectivity index (χ1n) is 4.84. The molecule has 3 rings (SSSR count). The van der Waals surface area contributed by atoms with Crippen LogP contribution < -0.4 is 0 Å². The third-order valence-electron chi connectivity index (χ3n) is 2.45. The van der Waals surface area contributed by atoms with Crippen LogP contribution in [0.25, 0.3) is 0 Å². The Morgan fingerprint density at radius 1 is 1.44 bits per heavy atom. The van der Waals surface area contributed by atoms with Gasteiger partial charge in [-0.05, 0) is 12.8 Å². The van der Waals surface area contributed by atoms with Gasteiger partial charge in [-0.2, -0.15) is 13.5 Å². The molecule has 1 aliphatic carbocycles. The maximum absolute atomic E-state index is 12.0. The van der Waals surface area contributed by atoms with Gasteiger partial charge in [-0.15, -0.1) is 9.19 Å². The van der Waals surface area contributed by atoms with E-state index in [0.29, 0.717) is 11.7 Å². The number of H-pyrrole nitrogens is 1. The van der Waals surface area contributed by atoms with Gasteiger partial charge in [-0.1, -0.05) is 0 Å². The van der Waals surface area contributed by atoms with Gasteiger partial charge in [0.15, 0.2) is 5.82 Å². The molecule has 2 aromatic heterocycles. The molecule has 7 nitrogen and oxygen atoms in total. The second-order valence-electron chi connectivity index (χ2n) is 3.69. The van der Waals surface area contributed by atoms with Gasteiger partial charge in [0, 0.05) is 12.1 Å². The molecule has 0 radical (unpaired) electrons. The molecule has 0 aliphatic heterocycles. The molecule has 0 spiro atoms. The highest BCUT2D eigenvalue weighted by molar-refractivity contribution is 7.89. The maximum atomic E-state index is 12.0. The van der Waals surface area contributed by atoms with Crippen LogP contribution in [0, 0.1) is 0 Å². The van der Waals surface area contributed by atoms with Crippen LogP contribution in [-0.2, 0) is 10.0 Å². The lowest BCUT2D eigenvalue weighted by atomic mass is 10.4. The lowest BCUT2D eigenvalue weighted by Crippen LogP contribution is -2.13. The van der Waals surface area contributed by atoms with Gasteiger partial charge in [0.05, 0.1) is 6.20 Å². The fraction of sp³-hybridized carbons (Fsp3) is 0.375. The molecule has 84 valence electrons. The summed E-state index contributed by atoms with van der Waals surface area (Å²) in [5, 5.41) is 10.0. The van der Waals surface area contributed by atoms with Crippen LogP contribution in [0.1, 0.15) is 24.6 Å². The van der Waals surface area contributed by atoms with Gasteiger partial charge in [-0.25, -0.2) is 4.98 Å². The number of aromatic nitrogens is 5. The van der Waals surface area contributed by atoms with Crippen molar-refractivity contribution in [3.8, 4) is 0 Å². The van der Waals surface area contributed by atoms with Crippen LogP contribution in [0.4, 0.5) is 0 Å². The molecule has 0 amide bonds. The van der Waals surface area contributed by atoms with Crippen LogP contribution >= 0.6 is 0 Å². The van der Waals surface area contributed by atoms with Crippen LogP contribution in [0.3, 0.4) is 0 Å². The fourth-order valence-corrected chi connectivity index (χ4v) is 2.36. The molecule has 1 N–H and O–H groups in total. The van der Waals surface area contributed by atoms with E-state index >= 15 is 0 Å². The predicted molar refractivity (Wildman–Crippen MR) is 53.2 cm³/mol. The Morgan fingerprint density at radius 2 is 2.25 bits per heavy atom. The van der Waals surface area contributed by atoms with Gasteiger partial charge in [0.2, 0.25) is 0 Å². The van der Waals surface area contributed by atoms with E-state index in [1.54, 1.807) is 0 Å².